The second-order valence-corrected chi connectivity index (χ2v) is 5.35. The van der Waals surface area contributed by atoms with E-state index in [1.54, 1.807) is 7.11 Å². The molecule has 2 aromatic rings. The molecule has 2 heterocycles. The Morgan fingerprint density at radius 3 is 2.75 bits per heavy atom. The van der Waals surface area contributed by atoms with Gasteiger partial charge in [-0.05, 0) is 18.6 Å². The molecule has 5 heteroatoms. The first-order valence-corrected chi connectivity index (χ1v) is 6.91. The molecule has 1 fully saturated rings. The molecule has 0 aliphatic carbocycles. The summed E-state index contributed by atoms with van der Waals surface area (Å²) >= 11 is 0. The van der Waals surface area contributed by atoms with Crippen LogP contribution in [0, 0.1) is 0 Å². The first-order valence-electron chi connectivity index (χ1n) is 6.91. The molecular formula is C15H20N4O. The summed E-state index contributed by atoms with van der Waals surface area (Å²) in [5.41, 5.74) is 0.988. The molecule has 1 atom stereocenters. The number of para-hydroxylation sites is 1. The van der Waals surface area contributed by atoms with Gasteiger partial charge in [0.2, 0.25) is 5.95 Å². The number of hydrogen-bond acceptors (Lipinski definition) is 5. The van der Waals surface area contributed by atoms with Crippen LogP contribution in [0.1, 0.15) is 6.42 Å². The largest absolute Gasteiger partial charge is 0.380 e. The van der Waals surface area contributed by atoms with Crippen molar-refractivity contribution in [3.05, 3.63) is 24.3 Å². The number of methoxy groups -OCH3 is 1. The van der Waals surface area contributed by atoms with E-state index >= 15 is 0 Å². The van der Waals surface area contributed by atoms with E-state index < -0.39 is 0 Å². The smallest absolute Gasteiger partial charge is 0.227 e. The second-order valence-electron chi connectivity index (χ2n) is 5.35. The van der Waals surface area contributed by atoms with Crippen molar-refractivity contribution in [2.24, 2.45) is 0 Å². The number of nitrogens with zero attached hydrogens (tertiary/aromatic N) is 4. The lowest BCUT2D eigenvalue weighted by Gasteiger charge is -2.20. The van der Waals surface area contributed by atoms with E-state index in [2.05, 4.69) is 11.0 Å². The average Bonchev–Trinajstić information content (AvgIpc) is 2.95. The standard InChI is InChI=1S/C15H20N4O/c1-18(2)14-12-6-4-5-7-13(12)16-15(17-14)19-9-8-11(10-19)20-3/h4-7,11H,8-10H2,1-3H3/t11-/m0/s1. The molecule has 106 valence electrons. The number of aromatic nitrogens is 2. The van der Waals surface area contributed by atoms with E-state index in [1.165, 1.54) is 0 Å². The van der Waals surface area contributed by atoms with Crippen molar-refractivity contribution < 1.29 is 4.74 Å². The molecule has 0 amide bonds. The maximum Gasteiger partial charge on any atom is 0.227 e. The fourth-order valence-electron chi connectivity index (χ4n) is 2.63. The van der Waals surface area contributed by atoms with Crippen LogP contribution in [0.2, 0.25) is 0 Å². The topological polar surface area (TPSA) is 41.5 Å². The Bertz CT molecular complexity index is 614. The minimum absolute atomic E-state index is 0.285. The van der Waals surface area contributed by atoms with Gasteiger partial charge in [-0.15, -0.1) is 0 Å². The van der Waals surface area contributed by atoms with Crippen LogP contribution >= 0.6 is 0 Å². The molecule has 0 saturated carbocycles. The summed E-state index contributed by atoms with van der Waals surface area (Å²) in [5, 5.41) is 1.09. The van der Waals surface area contributed by atoms with Crippen LogP contribution in [0.25, 0.3) is 10.9 Å². The summed E-state index contributed by atoms with van der Waals surface area (Å²) < 4.78 is 5.42. The van der Waals surface area contributed by atoms with Crippen LogP contribution in [-0.4, -0.2) is 50.4 Å². The third-order valence-corrected chi connectivity index (χ3v) is 3.76. The monoisotopic (exact) mass is 272 g/mol. The number of ether oxygens (including phenoxy) is 1. The average molecular weight is 272 g/mol. The fourth-order valence-corrected chi connectivity index (χ4v) is 2.63. The summed E-state index contributed by atoms with van der Waals surface area (Å²) in [4.78, 5) is 13.7. The molecule has 5 nitrogen and oxygen atoms in total. The highest BCUT2D eigenvalue weighted by Crippen LogP contribution is 2.27. The third kappa shape index (κ3) is 2.29. The predicted molar refractivity (Wildman–Crippen MR) is 81.5 cm³/mol. The Hall–Kier alpha value is -1.88. The molecule has 0 radical (unpaired) electrons. The fraction of sp³-hybridized carbons (Fsp3) is 0.467. The number of hydrogen-bond donors (Lipinski definition) is 0. The highest BCUT2D eigenvalue weighted by atomic mass is 16.5. The normalized spacial score (nSPS) is 18.8. The summed E-state index contributed by atoms with van der Waals surface area (Å²) in [6.07, 6.45) is 1.32. The lowest BCUT2D eigenvalue weighted by atomic mass is 10.2. The molecular weight excluding hydrogens is 252 g/mol. The van der Waals surface area contributed by atoms with Crippen molar-refractivity contribution in [1.29, 1.82) is 0 Å². The van der Waals surface area contributed by atoms with E-state index in [9.17, 15) is 0 Å². The number of rotatable bonds is 3. The van der Waals surface area contributed by atoms with E-state index in [0.29, 0.717) is 0 Å². The quantitative estimate of drug-likeness (QED) is 0.854. The van der Waals surface area contributed by atoms with Crippen LogP contribution in [0.4, 0.5) is 11.8 Å². The number of benzene rings is 1. The maximum atomic E-state index is 5.42. The van der Waals surface area contributed by atoms with Gasteiger partial charge in [0.1, 0.15) is 5.82 Å². The predicted octanol–water partition coefficient (Wildman–Crippen LogP) is 1.92. The Kier molecular flexibility index (Phi) is 3.44. The van der Waals surface area contributed by atoms with Crippen LogP contribution in [-0.2, 0) is 4.74 Å². The maximum absolute atomic E-state index is 5.42. The summed E-state index contributed by atoms with van der Waals surface area (Å²) in [5.74, 6) is 1.76. The zero-order chi connectivity index (χ0) is 14.1. The van der Waals surface area contributed by atoms with Gasteiger partial charge >= 0.3 is 0 Å². The Morgan fingerprint density at radius 1 is 1.25 bits per heavy atom. The molecule has 0 unspecified atom stereocenters. The van der Waals surface area contributed by atoms with Gasteiger partial charge in [-0.25, -0.2) is 4.98 Å². The minimum Gasteiger partial charge on any atom is -0.380 e. The molecule has 0 bridgehead atoms. The van der Waals surface area contributed by atoms with Crippen molar-refractivity contribution in [2.75, 3.05) is 44.1 Å². The molecule has 1 aromatic heterocycles. The van der Waals surface area contributed by atoms with E-state index in [4.69, 9.17) is 14.7 Å². The van der Waals surface area contributed by atoms with Gasteiger partial charge in [0, 0.05) is 39.7 Å². The van der Waals surface area contributed by atoms with Crippen LogP contribution in [0.3, 0.4) is 0 Å². The van der Waals surface area contributed by atoms with Crippen molar-refractivity contribution in [3.63, 3.8) is 0 Å². The molecule has 1 saturated heterocycles. The Balaban J connectivity index is 2.04. The summed E-state index contributed by atoms with van der Waals surface area (Å²) in [6, 6.07) is 8.14. The van der Waals surface area contributed by atoms with Gasteiger partial charge < -0.3 is 14.5 Å². The Morgan fingerprint density at radius 2 is 2.05 bits per heavy atom. The molecule has 20 heavy (non-hydrogen) atoms. The molecule has 3 rings (SSSR count). The molecule has 0 spiro atoms. The van der Waals surface area contributed by atoms with Gasteiger partial charge in [0.05, 0.1) is 11.6 Å². The van der Waals surface area contributed by atoms with E-state index in [-0.39, 0.29) is 6.10 Å². The third-order valence-electron chi connectivity index (χ3n) is 3.76. The van der Waals surface area contributed by atoms with Crippen LogP contribution in [0.15, 0.2) is 24.3 Å². The first-order chi connectivity index (χ1) is 9.69. The molecule has 1 aliphatic rings. The van der Waals surface area contributed by atoms with Gasteiger partial charge in [0.15, 0.2) is 0 Å². The summed E-state index contributed by atoms with van der Waals surface area (Å²) in [6.45, 7) is 1.81. The highest BCUT2D eigenvalue weighted by molar-refractivity contribution is 5.90. The van der Waals surface area contributed by atoms with Crippen molar-refractivity contribution in [2.45, 2.75) is 12.5 Å². The van der Waals surface area contributed by atoms with Gasteiger partial charge in [-0.1, -0.05) is 12.1 Å². The van der Waals surface area contributed by atoms with E-state index in [0.717, 1.165) is 42.2 Å². The number of fused-ring (bicyclic) bond motifs is 1. The van der Waals surface area contributed by atoms with Gasteiger partial charge in [-0.2, -0.15) is 4.98 Å². The van der Waals surface area contributed by atoms with Crippen molar-refractivity contribution in [3.8, 4) is 0 Å². The minimum atomic E-state index is 0.285. The number of anilines is 2. The van der Waals surface area contributed by atoms with Crippen LogP contribution in [0.5, 0.6) is 0 Å². The van der Waals surface area contributed by atoms with Crippen molar-refractivity contribution >= 4 is 22.7 Å². The zero-order valence-corrected chi connectivity index (χ0v) is 12.2. The van der Waals surface area contributed by atoms with Gasteiger partial charge in [-0.3, -0.25) is 0 Å². The molecule has 0 N–H and O–H groups in total. The lowest BCUT2D eigenvalue weighted by Crippen LogP contribution is -2.25. The SMILES string of the molecule is CO[C@H]1CCN(c2nc(N(C)C)c3ccccc3n2)C1. The second kappa shape index (κ2) is 5.25. The van der Waals surface area contributed by atoms with Crippen LogP contribution < -0.4 is 9.80 Å². The molecule has 1 aliphatic heterocycles. The van der Waals surface area contributed by atoms with Crippen molar-refractivity contribution in [1.82, 2.24) is 9.97 Å². The first kappa shape index (κ1) is 13.1. The lowest BCUT2D eigenvalue weighted by molar-refractivity contribution is 0.121. The zero-order valence-electron chi connectivity index (χ0n) is 12.2. The Labute approximate surface area is 119 Å². The van der Waals surface area contributed by atoms with E-state index in [1.807, 2.05) is 37.2 Å². The molecule has 1 aromatic carbocycles. The highest BCUT2D eigenvalue weighted by Gasteiger charge is 2.25. The summed E-state index contributed by atoms with van der Waals surface area (Å²) in [7, 11) is 5.79. The van der Waals surface area contributed by atoms with Gasteiger partial charge in [0.25, 0.3) is 0 Å².